The molecule has 13 heavy (non-hydrogen) atoms. The molecule has 0 fully saturated rings. The molecule has 0 saturated carbocycles. The molecule has 0 aliphatic rings. The minimum absolute atomic E-state index is 0.114. The number of hydrogen-bond donors (Lipinski definition) is 1. The SMILES string of the molecule is O=C(O)CS/C=C/c1ccccc1. The third-order valence-electron chi connectivity index (χ3n) is 1.36. The molecule has 0 spiro atoms. The van der Waals surface area contributed by atoms with E-state index in [0.717, 1.165) is 5.56 Å². The number of aliphatic carboxylic acids is 1. The minimum atomic E-state index is -0.789. The summed E-state index contributed by atoms with van der Waals surface area (Å²) in [6.07, 6.45) is 1.90. The van der Waals surface area contributed by atoms with Crippen molar-refractivity contribution in [2.75, 3.05) is 5.75 Å². The number of thioether (sulfide) groups is 1. The summed E-state index contributed by atoms with van der Waals surface area (Å²) in [5.74, 6) is -0.675. The quantitative estimate of drug-likeness (QED) is 0.800. The average Bonchev–Trinajstić information content (AvgIpc) is 2.14. The molecule has 0 atom stereocenters. The van der Waals surface area contributed by atoms with Gasteiger partial charge in [-0.15, -0.1) is 11.8 Å². The van der Waals surface area contributed by atoms with Crippen molar-refractivity contribution in [3.8, 4) is 0 Å². The van der Waals surface area contributed by atoms with Crippen LogP contribution in [-0.2, 0) is 4.79 Å². The van der Waals surface area contributed by atoms with Gasteiger partial charge < -0.3 is 5.11 Å². The smallest absolute Gasteiger partial charge is 0.313 e. The van der Waals surface area contributed by atoms with Crippen molar-refractivity contribution in [1.29, 1.82) is 0 Å². The van der Waals surface area contributed by atoms with E-state index in [-0.39, 0.29) is 5.75 Å². The Morgan fingerprint density at radius 3 is 2.69 bits per heavy atom. The summed E-state index contributed by atoms with van der Waals surface area (Å²) in [5.41, 5.74) is 1.08. The molecular formula is C10H10O2S. The molecule has 0 aromatic heterocycles. The maximum atomic E-state index is 10.2. The molecule has 1 rings (SSSR count). The fraction of sp³-hybridized carbons (Fsp3) is 0.100. The second-order valence-corrected chi connectivity index (χ2v) is 3.31. The van der Waals surface area contributed by atoms with Crippen molar-refractivity contribution in [2.24, 2.45) is 0 Å². The zero-order valence-corrected chi connectivity index (χ0v) is 7.83. The lowest BCUT2D eigenvalue weighted by atomic mass is 10.2. The van der Waals surface area contributed by atoms with Crippen LogP contribution < -0.4 is 0 Å². The van der Waals surface area contributed by atoms with Gasteiger partial charge >= 0.3 is 5.97 Å². The van der Waals surface area contributed by atoms with Gasteiger partial charge in [0.1, 0.15) is 0 Å². The molecule has 0 amide bonds. The molecule has 3 heteroatoms. The number of hydrogen-bond acceptors (Lipinski definition) is 2. The Labute approximate surface area is 81.3 Å². The van der Waals surface area contributed by atoms with Crippen molar-refractivity contribution >= 4 is 23.8 Å². The van der Waals surface area contributed by atoms with Gasteiger partial charge in [-0.05, 0) is 17.0 Å². The molecule has 0 radical (unpaired) electrons. The third-order valence-corrected chi connectivity index (χ3v) is 2.11. The number of carboxylic acid groups (broad SMARTS) is 1. The second kappa shape index (κ2) is 5.43. The number of carbonyl (C=O) groups is 1. The van der Waals surface area contributed by atoms with Crippen molar-refractivity contribution < 1.29 is 9.90 Å². The molecule has 0 aliphatic heterocycles. The fourth-order valence-corrected chi connectivity index (χ4v) is 1.30. The maximum absolute atomic E-state index is 10.2. The average molecular weight is 194 g/mol. The molecule has 0 saturated heterocycles. The van der Waals surface area contributed by atoms with Gasteiger partial charge in [-0.3, -0.25) is 4.79 Å². The highest BCUT2D eigenvalue weighted by atomic mass is 32.2. The number of rotatable bonds is 4. The van der Waals surface area contributed by atoms with Gasteiger partial charge in [-0.2, -0.15) is 0 Å². The van der Waals surface area contributed by atoms with Gasteiger partial charge in [0.05, 0.1) is 5.75 Å². The van der Waals surface area contributed by atoms with Crippen molar-refractivity contribution in [3.05, 3.63) is 41.3 Å². The zero-order valence-electron chi connectivity index (χ0n) is 7.01. The summed E-state index contributed by atoms with van der Waals surface area (Å²) in [6, 6.07) is 9.78. The zero-order chi connectivity index (χ0) is 9.52. The highest BCUT2D eigenvalue weighted by molar-refractivity contribution is 8.02. The van der Waals surface area contributed by atoms with E-state index in [1.165, 1.54) is 11.8 Å². The second-order valence-electron chi connectivity index (χ2n) is 2.42. The summed E-state index contributed by atoms with van der Waals surface area (Å²) in [6.45, 7) is 0. The van der Waals surface area contributed by atoms with E-state index in [2.05, 4.69) is 0 Å². The highest BCUT2D eigenvalue weighted by Gasteiger charge is 1.91. The molecule has 0 unspecified atom stereocenters. The van der Waals surface area contributed by atoms with E-state index in [9.17, 15) is 4.79 Å². The summed E-state index contributed by atoms with van der Waals surface area (Å²) in [4.78, 5) is 10.2. The number of benzene rings is 1. The van der Waals surface area contributed by atoms with Crippen LogP contribution in [0.3, 0.4) is 0 Å². The largest absolute Gasteiger partial charge is 0.481 e. The molecule has 2 nitrogen and oxygen atoms in total. The first-order chi connectivity index (χ1) is 6.29. The van der Waals surface area contributed by atoms with Gasteiger partial charge in [0.15, 0.2) is 0 Å². The summed E-state index contributed by atoms with van der Waals surface area (Å²) in [5, 5.41) is 10.2. The van der Waals surface area contributed by atoms with Gasteiger partial charge in [-0.1, -0.05) is 30.3 Å². The predicted octanol–water partition coefficient (Wildman–Crippen LogP) is 2.48. The van der Waals surface area contributed by atoms with E-state index in [4.69, 9.17) is 5.11 Å². The van der Waals surface area contributed by atoms with Crippen LogP contribution in [0.25, 0.3) is 6.08 Å². The Hall–Kier alpha value is -1.22. The van der Waals surface area contributed by atoms with Crippen LogP contribution >= 0.6 is 11.8 Å². The normalized spacial score (nSPS) is 10.5. The lowest BCUT2D eigenvalue weighted by Crippen LogP contribution is -1.95. The van der Waals surface area contributed by atoms with E-state index in [0.29, 0.717) is 0 Å². The molecule has 1 aromatic rings. The lowest BCUT2D eigenvalue weighted by molar-refractivity contribution is -0.133. The van der Waals surface area contributed by atoms with E-state index in [1.807, 2.05) is 36.4 Å². The van der Waals surface area contributed by atoms with Crippen LogP contribution in [0.4, 0.5) is 0 Å². The van der Waals surface area contributed by atoms with E-state index >= 15 is 0 Å². The molecule has 68 valence electrons. The standard InChI is InChI=1S/C10H10O2S/c11-10(12)8-13-7-6-9-4-2-1-3-5-9/h1-7H,8H2,(H,11,12)/b7-6+. The van der Waals surface area contributed by atoms with Gasteiger partial charge in [0, 0.05) is 0 Å². The molecule has 0 aliphatic carbocycles. The first-order valence-corrected chi connectivity index (χ1v) is 4.89. The van der Waals surface area contributed by atoms with Crippen LogP contribution in [0.15, 0.2) is 35.7 Å². The monoisotopic (exact) mass is 194 g/mol. The fourth-order valence-electron chi connectivity index (χ4n) is 0.810. The van der Waals surface area contributed by atoms with Gasteiger partial charge in [-0.25, -0.2) is 0 Å². The van der Waals surface area contributed by atoms with Gasteiger partial charge in [0.25, 0.3) is 0 Å². The lowest BCUT2D eigenvalue weighted by Gasteiger charge is -1.90. The van der Waals surface area contributed by atoms with E-state index < -0.39 is 5.97 Å². The number of carboxylic acids is 1. The van der Waals surface area contributed by atoms with E-state index in [1.54, 1.807) is 5.41 Å². The van der Waals surface area contributed by atoms with Crippen LogP contribution in [0, 0.1) is 0 Å². The maximum Gasteiger partial charge on any atom is 0.313 e. The molecular weight excluding hydrogens is 184 g/mol. The summed E-state index contributed by atoms with van der Waals surface area (Å²) < 4.78 is 0. The molecule has 1 N–H and O–H groups in total. The van der Waals surface area contributed by atoms with Crippen molar-refractivity contribution in [1.82, 2.24) is 0 Å². The Kier molecular flexibility index (Phi) is 4.12. The van der Waals surface area contributed by atoms with Gasteiger partial charge in [0.2, 0.25) is 0 Å². The highest BCUT2D eigenvalue weighted by Crippen LogP contribution is 2.07. The molecule has 0 heterocycles. The van der Waals surface area contributed by atoms with Crippen LogP contribution in [0.5, 0.6) is 0 Å². The predicted molar refractivity (Wildman–Crippen MR) is 55.6 cm³/mol. The topological polar surface area (TPSA) is 37.3 Å². The Morgan fingerprint density at radius 2 is 2.08 bits per heavy atom. The molecule has 0 bridgehead atoms. The Balaban J connectivity index is 2.37. The van der Waals surface area contributed by atoms with Crippen molar-refractivity contribution in [2.45, 2.75) is 0 Å². The minimum Gasteiger partial charge on any atom is -0.481 e. The van der Waals surface area contributed by atoms with Crippen LogP contribution in [-0.4, -0.2) is 16.8 Å². The van der Waals surface area contributed by atoms with Crippen molar-refractivity contribution in [3.63, 3.8) is 0 Å². The van der Waals surface area contributed by atoms with Crippen LogP contribution in [0.1, 0.15) is 5.56 Å². The third kappa shape index (κ3) is 4.38. The Morgan fingerprint density at radius 1 is 1.38 bits per heavy atom. The summed E-state index contributed by atoms with van der Waals surface area (Å²) >= 11 is 1.28. The first kappa shape index (κ1) is 9.86. The first-order valence-electron chi connectivity index (χ1n) is 3.84. The van der Waals surface area contributed by atoms with Crippen LogP contribution in [0.2, 0.25) is 0 Å². The summed E-state index contributed by atoms with van der Waals surface area (Å²) in [7, 11) is 0. The Bertz CT molecular complexity index is 293. The molecule has 1 aromatic carbocycles.